The first kappa shape index (κ1) is 15.6. The van der Waals surface area contributed by atoms with E-state index >= 15 is 0 Å². The average Bonchev–Trinajstić information content (AvgIpc) is 2.48. The summed E-state index contributed by atoms with van der Waals surface area (Å²) < 4.78 is 0. The molecule has 0 amide bonds. The number of guanidine groups is 2. The van der Waals surface area contributed by atoms with Crippen LogP contribution >= 0.6 is 0 Å². The molecule has 1 aliphatic heterocycles. The lowest BCUT2D eigenvalue weighted by molar-refractivity contribution is 0.305. The molecule has 6 nitrogen and oxygen atoms in total. The first-order valence-electron chi connectivity index (χ1n) is 8.21. The van der Waals surface area contributed by atoms with Gasteiger partial charge in [-0.25, -0.2) is 4.99 Å². The van der Waals surface area contributed by atoms with E-state index in [2.05, 4.69) is 39.9 Å². The molecule has 23 heavy (non-hydrogen) atoms. The van der Waals surface area contributed by atoms with Gasteiger partial charge in [-0.05, 0) is 50.3 Å². The summed E-state index contributed by atoms with van der Waals surface area (Å²) in [6.07, 6.45) is 5.41. The summed E-state index contributed by atoms with van der Waals surface area (Å²) in [7, 11) is 4.07. The fraction of sp³-hybridized carbons (Fsp3) is 0.529. The average molecular weight is 314 g/mol. The fourth-order valence-electron chi connectivity index (χ4n) is 3.59. The normalized spacial score (nSPS) is 20.2. The third-order valence-electron chi connectivity index (χ3n) is 4.80. The van der Waals surface area contributed by atoms with Crippen LogP contribution in [0.1, 0.15) is 37.7 Å². The van der Waals surface area contributed by atoms with Crippen LogP contribution in [0.5, 0.6) is 0 Å². The molecule has 1 aromatic rings. The topological polar surface area (TPSA) is 83.2 Å². The molecule has 1 spiro atoms. The highest BCUT2D eigenvalue weighted by atomic mass is 15.4. The number of anilines is 2. The van der Waals surface area contributed by atoms with Crippen LogP contribution in [-0.2, 0) is 0 Å². The second-order valence-electron chi connectivity index (χ2n) is 6.68. The predicted octanol–water partition coefficient (Wildman–Crippen LogP) is 2.17. The minimum Gasteiger partial charge on any atom is -0.378 e. The van der Waals surface area contributed by atoms with Gasteiger partial charge in [-0.15, -0.1) is 0 Å². The number of aryl methyl sites for hydroxylation is 1. The summed E-state index contributed by atoms with van der Waals surface area (Å²) in [5.41, 5.74) is 15.2. The lowest BCUT2D eigenvalue weighted by Gasteiger charge is -2.46. The number of benzene rings is 1. The third kappa shape index (κ3) is 2.73. The molecule has 6 heteroatoms. The van der Waals surface area contributed by atoms with Crippen LogP contribution in [0.4, 0.5) is 11.4 Å². The number of hydrogen-bond acceptors (Lipinski definition) is 6. The number of nitrogens with zero attached hydrogens (tertiary/aromatic N) is 4. The zero-order valence-electron chi connectivity index (χ0n) is 14.2. The molecule has 124 valence electrons. The monoisotopic (exact) mass is 314 g/mol. The fourth-order valence-corrected chi connectivity index (χ4v) is 3.59. The van der Waals surface area contributed by atoms with Gasteiger partial charge in [0.15, 0.2) is 0 Å². The van der Waals surface area contributed by atoms with E-state index in [-0.39, 0.29) is 5.66 Å². The standard InChI is InChI=1S/C17H26N6/c1-12-7-8-13(22(2)3)11-14(12)23-16(19)20-15(18)21-17(23)9-5-4-6-10-17/h7-8,11H,4-6,9-10H2,1-3H3,(H4,18,19,20,21). The van der Waals surface area contributed by atoms with Gasteiger partial charge in [0.2, 0.25) is 11.9 Å². The molecule has 1 saturated carbocycles. The van der Waals surface area contributed by atoms with Crippen molar-refractivity contribution in [2.24, 2.45) is 21.5 Å². The molecule has 0 atom stereocenters. The smallest absolute Gasteiger partial charge is 0.220 e. The Bertz CT molecular complexity index is 655. The van der Waals surface area contributed by atoms with Gasteiger partial charge in [0.05, 0.1) is 5.69 Å². The Morgan fingerprint density at radius 1 is 1.13 bits per heavy atom. The van der Waals surface area contributed by atoms with Crippen molar-refractivity contribution in [3.8, 4) is 0 Å². The molecular weight excluding hydrogens is 288 g/mol. The molecule has 2 aliphatic rings. The maximum Gasteiger partial charge on any atom is 0.220 e. The Balaban J connectivity index is 2.12. The molecular formula is C17H26N6. The van der Waals surface area contributed by atoms with E-state index in [4.69, 9.17) is 16.5 Å². The summed E-state index contributed by atoms with van der Waals surface area (Å²) in [5, 5.41) is 0. The highest BCUT2D eigenvalue weighted by Gasteiger charge is 2.43. The van der Waals surface area contributed by atoms with Gasteiger partial charge in [0.1, 0.15) is 5.66 Å². The molecule has 1 fully saturated rings. The van der Waals surface area contributed by atoms with Crippen LogP contribution in [0.3, 0.4) is 0 Å². The highest BCUT2D eigenvalue weighted by Crippen LogP contribution is 2.41. The number of nitrogens with two attached hydrogens (primary N) is 2. The summed E-state index contributed by atoms with van der Waals surface area (Å²) in [5.74, 6) is 0.737. The van der Waals surface area contributed by atoms with Crippen molar-refractivity contribution in [3.63, 3.8) is 0 Å². The van der Waals surface area contributed by atoms with Crippen molar-refractivity contribution < 1.29 is 0 Å². The molecule has 0 bridgehead atoms. The highest BCUT2D eigenvalue weighted by molar-refractivity contribution is 6.06. The summed E-state index contributed by atoms with van der Waals surface area (Å²) in [6, 6.07) is 6.39. The lowest BCUT2D eigenvalue weighted by atomic mass is 9.87. The molecule has 0 saturated heterocycles. The largest absolute Gasteiger partial charge is 0.378 e. The van der Waals surface area contributed by atoms with Gasteiger partial charge in [0.25, 0.3) is 0 Å². The maximum absolute atomic E-state index is 6.30. The molecule has 1 aromatic carbocycles. The SMILES string of the molecule is Cc1ccc(N(C)C)cc1N1C(N)=NC(N)=NC12CCCCC2. The van der Waals surface area contributed by atoms with Crippen LogP contribution in [0, 0.1) is 6.92 Å². The minimum absolute atomic E-state index is 0.294. The Morgan fingerprint density at radius 2 is 1.83 bits per heavy atom. The molecule has 1 aliphatic carbocycles. The Hall–Kier alpha value is -2.24. The van der Waals surface area contributed by atoms with E-state index in [1.807, 2.05) is 14.1 Å². The van der Waals surface area contributed by atoms with Crippen molar-refractivity contribution in [3.05, 3.63) is 23.8 Å². The van der Waals surface area contributed by atoms with Crippen molar-refractivity contribution in [2.75, 3.05) is 23.9 Å². The first-order chi connectivity index (χ1) is 10.9. The van der Waals surface area contributed by atoms with E-state index < -0.39 is 0 Å². The zero-order chi connectivity index (χ0) is 16.6. The predicted molar refractivity (Wildman–Crippen MR) is 97.0 cm³/mol. The second-order valence-corrected chi connectivity index (χ2v) is 6.68. The van der Waals surface area contributed by atoms with Crippen molar-refractivity contribution in [2.45, 2.75) is 44.7 Å². The van der Waals surface area contributed by atoms with E-state index in [9.17, 15) is 0 Å². The third-order valence-corrected chi connectivity index (χ3v) is 4.80. The summed E-state index contributed by atoms with van der Waals surface area (Å²) in [4.78, 5) is 13.2. The van der Waals surface area contributed by atoms with Crippen molar-refractivity contribution >= 4 is 23.3 Å². The van der Waals surface area contributed by atoms with Crippen LogP contribution in [0.2, 0.25) is 0 Å². The van der Waals surface area contributed by atoms with Crippen LogP contribution < -0.4 is 21.3 Å². The Labute approximate surface area is 137 Å². The van der Waals surface area contributed by atoms with Gasteiger partial charge in [-0.3, -0.25) is 4.90 Å². The van der Waals surface area contributed by atoms with Gasteiger partial charge < -0.3 is 16.4 Å². The summed E-state index contributed by atoms with van der Waals surface area (Å²) >= 11 is 0. The Kier molecular flexibility index (Phi) is 3.92. The van der Waals surface area contributed by atoms with E-state index in [0.29, 0.717) is 11.9 Å². The summed E-state index contributed by atoms with van der Waals surface area (Å²) in [6.45, 7) is 2.10. The van der Waals surface area contributed by atoms with E-state index in [1.54, 1.807) is 0 Å². The van der Waals surface area contributed by atoms with Crippen LogP contribution in [0.15, 0.2) is 28.2 Å². The van der Waals surface area contributed by atoms with Crippen molar-refractivity contribution in [1.82, 2.24) is 0 Å². The Morgan fingerprint density at radius 3 is 2.48 bits per heavy atom. The van der Waals surface area contributed by atoms with Crippen LogP contribution in [0.25, 0.3) is 0 Å². The second kappa shape index (κ2) is 5.76. The molecule has 0 radical (unpaired) electrons. The maximum atomic E-state index is 6.30. The quantitative estimate of drug-likeness (QED) is 0.876. The number of hydrogen-bond donors (Lipinski definition) is 2. The van der Waals surface area contributed by atoms with Crippen molar-refractivity contribution in [1.29, 1.82) is 0 Å². The van der Waals surface area contributed by atoms with Gasteiger partial charge in [0, 0.05) is 19.8 Å². The molecule has 0 aromatic heterocycles. The minimum atomic E-state index is -0.385. The van der Waals surface area contributed by atoms with Crippen LogP contribution in [-0.4, -0.2) is 31.7 Å². The molecule has 3 rings (SSSR count). The molecule has 1 heterocycles. The molecule has 4 N–H and O–H groups in total. The zero-order valence-corrected chi connectivity index (χ0v) is 14.2. The van der Waals surface area contributed by atoms with Gasteiger partial charge in [-0.1, -0.05) is 12.5 Å². The van der Waals surface area contributed by atoms with E-state index in [0.717, 1.165) is 42.6 Å². The molecule has 0 unspecified atom stereocenters. The number of rotatable bonds is 2. The lowest BCUT2D eigenvalue weighted by Crippen LogP contribution is -2.58. The van der Waals surface area contributed by atoms with Gasteiger partial charge in [-0.2, -0.15) is 4.99 Å². The van der Waals surface area contributed by atoms with Gasteiger partial charge >= 0.3 is 0 Å². The first-order valence-corrected chi connectivity index (χ1v) is 8.21. The van der Waals surface area contributed by atoms with E-state index in [1.165, 1.54) is 6.42 Å². The number of aliphatic imine (C=N–C) groups is 2.